The van der Waals surface area contributed by atoms with Crippen molar-refractivity contribution in [1.82, 2.24) is 5.32 Å². The van der Waals surface area contributed by atoms with Gasteiger partial charge in [-0.25, -0.2) is 13.2 Å². The second-order valence-corrected chi connectivity index (χ2v) is 5.90. The first kappa shape index (κ1) is 16.1. The van der Waals surface area contributed by atoms with Crippen LogP contribution < -0.4 is 5.32 Å². The quantitative estimate of drug-likeness (QED) is 0.934. The van der Waals surface area contributed by atoms with Crippen LogP contribution in [0.4, 0.5) is 13.2 Å². The van der Waals surface area contributed by atoms with E-state index < -0.39 is 23.1 Å². The van der Waals surface area contributed by atoms with Gasteiger partial charge in [-0.1, -0.05) is 12.1 Å². The maximum absolute atomic E-state index is 13.9. The van der Waals surface area contributed by atoms with Gasteiger partial charge < -0.3 is 5.32 Å². The van der Waals surface area contributed by atoms with Gasteiger partial charge in [0.15, 0.2) is 0 Å². The van der Waals surface area contributed by atoms with Crippen molar-refractivity contribution in [1.29, 1.82) is 5.26 Å². The van der Waals surface area contributed by atoms with Gasteiger partial charge in [0.1, 0.15) is 23.0 Å². The number of benzene rings is 2. The third kappa shape index (κ3) is 2.98. The summed E-state index contributed by atoms with van der Waals surface area (Å²) in [6, 6.07) is 9.26. The molecule has 1 amide bonds. The molecule has 0 heterocycles. The van der Waals surface area contributed by atoms with Crippen LogP contribution in [-0.4, -0.2) is 12.5 Å². The van der Waals surface area contributed by atoms with Gasteiger partial charge in [0.2, 0.25) is 0 Å². The molecule has 0 atom stereocenters. The Bertz CT molecular complexity index is 813. The van der Waals surface area contributed by atoms with Crippen molar-refractivity contribution in [3.05, 3.63) is 70.5 Å². The number of nitrogens with zero attached hydrogens (tertiary/aromatic N) is 1. The van der Waals surface area contributed by atoms with Crippen molar-refractivity contribution >= 4 is 5.91 Å². The first-order chi connectivity index (χ1) is 11.4. The molecule has 0 bridgehead atoms. The molecule has 1 aliphatic rings. The summed E-state index contributed by atoms with van der Waals surface area (Å²) < 4.78 is 40.7. The molecule has 1 aliphatic carbocycles. The van der Waals surface area contributed by atoms with E-state index in [1.807, 2.05) is 0 Å². The molecular weight excluding hydrogens is 317 g/mol. The summed E-state index contributed by atoms with van der Waals surface area (Å²) in [5, 5.41) is 11.2. The van der Waals surface area contributed by atoms with Crippen LogP contribution in [0.1, 0.15) is 34.3 Å². The Labute approximate surface area is 136 Å². The van der Waals surface area contributed by atoms with E-state index >= 15 is 0 Å². The topological polar surface area (TPSA) is 52.9 Å². The van der Waals surface area contributed by atoms with Crippen LogP contribution in [0.5, 0.6) is 0 Å². The van der Waals surface area contributed by atoms with Crippen LogP contribution in [0.15, 0.2) is 36.4 Å². The molecule has 1 fully saturated rings. The molecule has 2 aromatic carbocycles. The maximum Gasteiger partial charge on any atom is 0.257 e. The highest BCUT2D eigenvalue weighted by Gasteiger charge is 2.44. The van der Waals surface area contributed by atoms with Crippen LogP contribution >= 0.6 is 0 Å². The number of nitrogens with one attached hydrogen (secondary N) is 1. The number of rotatable bonds is 4. The van der Waals surface area contributed by atoms with E-state index in [9.17, 15) is 18.0 Å². The molecule has 1 N–H and O–H groups in total. The minimum absolute atomic E-state index is 0.188. The van der Waals surface area contributed by atoms with Gasteiger partial charge in [0, 0.05) is 12.0 Å². The van der Waals surface area contributed by atoms with Crippen LogP contribution in [0, 0.1) is 28.8 Å². The Balaban J connectivity index is 1.75. The highest BCUT2D eigenvalue weighted by Crippen LogP contribution is 2.47. The van der Waals surface area contributed by atoms with Crippen molar-refractivity contribution in [3.63, 3.8) is 0 Å². The number of amides is 1. The van der Waals surface area contributed by atoms with Gasteiger partial charge in [-0.15, -0.1) is 0 Å². The second kappa shape index (κ2) is 6.00. The van der Waals surface area contributed by atoms with E-state index in [0.29, 0.717) is 0 Å². The summed E-state index contributed by atoms with van der Waals surface area (Å²) >= 11 is 0. The number of carbonyl (C=O) groups is 1. The van der Waals surface area contributed by atoms with Crippen molar-refractivity contribution in [2.45, 2.75) is 18.3 Å². The predicted octanol–water partition coefficient (Wildman–Crippen LogP) is 3.44. The van der Waals surface area contributed by atoms with Crippen LogP contribution in [0.2, 0.25) is 0 Å². The zero-order valence-electron chi connectivity index (χ0n) is 12.6. The number of hydrogen-bond donors (Lipinski definition) is 1. The number of carbonyl (C=O) groups excluding carboxylic acids is 1. The Hall–Kier alpha value is -2.81. The van der Waals surface area contributed by atoms with Gasteiger partial charge in [0.25, 0.3) is 5.91 Å². The van der Waals surface area contributed by atoms with Crippen molar-refractivity contribution in [2.24, 2.45) is 0 Å². The van der Waals surface area contributed by atoms with Crippen molar-refractivity contribution < 1.29 is 18.0 Å². The molecule has 0 unspecified atom stereocenters. The fourth-order valence-electron chi connectivity index (χ4n) is 2.71. The van der Waals surface area contributed by atoms with Crippen LogP contribution in [0.25, 0.3) is 0 Å². The summed E-state index contributed by atoms with van der Waals surface area (Å²) in [6.45, 7) is 0.205. The van der Waals surface area contributed by atoms with Gasteiger partial charge in [-0.3, -0.25) is 4.79 Å². The SMILES string of the molecule is N#Cc1cc(F)c(C(=O)NCC2(c3ccc(F)cc3)CC2)c(F)c1. The highest BCUT2D eigenvalue weighted by atomic mass is 19.1. The standard InChI is InChI=1S/C18H13F3N2O/c19-13-3-1-12(2-4-13)18(5-6-18)10-23-17(24)16-14(20)7-11(9-22)8-15(16)21/h1-4,7-8H,5-6,10H2,(H,23,24). The summed E-state index contributed by atoms with van der Waals surface area (Å²) in [5.41, 5.74) is -0.330. The highest BCUT2D eigenvalue weighted by molar-refractivity contribution is 5.95. The van der Waals surface area contributed by atoms with Crippen molar-refractivity contribution in [3.8, 4) is 6.07 Å². The zero-order chi connectivity index (χ0) is 17.3. The largest absolute Gasteiger partial charge is 0.351 e. The first-order valence-corrected chi connectivity index (χ1v) is 7.38. The molecule has 0 aromatic heterocycles. The smallest absolute Gasteiger partial charge is 0.257 e. The van der Waals surface area contributed by atoms with Gasteiger partial charge in [-0.05, 0) is 42.7 Å². The Morgan fingerprint density at radius 1 is 1.12 bits per heavy atom. The van der Waals surface area contributed by atoms with E-state index in [4.69, 9.17) is 5.26 Å². The average Bonchev–Trinajstić information content (AvgIpc) is 3.34. The molecule has 0 saturated heterocycles. The summed E-state index contributed by atoms with van der Waals surface area (Å²) in [6.07, 6.45) is 1.61. The molecule has 0 radical (unpaired) electrons. The molecule has 0 aliphatic heterocycles. The van der Waals surface area contributed by atoms with Crippen molar-refractivity contribution in [2.75, 3.05) is 6.54 Å². The third-order valence-corrected chi connectivity index (χ3v) is 4.30. The lowest BCUT2D eigenvalue weighted by Crippen LogP contribution is -2.33. The van der Waals surface area contributed by atoms with Gasteiger partial charge in [0.05, 0.1) is 11.6 Å². The molecular formula is C18H13F3N2O. The molecule has 1 saturated carbocycles. The van der Waals surface area contributed by atoms with E-state index in [0.717, 1.165) is 30.5 Å². The Kier molecular flexibility index (Phi) is 4.02. The van der Waals surface area contributed by atoms with Gasteiger partial charge >= 0.3 is 0 Å². The predicted molar refractivity (Wildman–Crippen MR) is 80.7 cm³/mol. The fraction of sp³-hybridized carbons (Fsp3) is 0.222. The van der Waals surface area contributed by atoms with Gasteiger partial charge in [-0.2, -0.15) is 5.26 Å². The Morgan fingerprint density at radius 3 is 2.21 bits per heavy atom. The molecule has 0 spiro atoms. The molecule has 6 heteroatoms. The van der Waals surface area contributed by atoms with Crippen LogP contribution in [-0.2, 0) is 5.41 Å². The van der Waals surface area contributed by atoms with Crippen LogP contribution in [0.3, 0.4) is 0 Å². The first-order valence-electron chi connectivity index (χ1n) is 7.38. The number of halogens is 3. The molecule has 122 valence electrons. The number of nitriles is 1. The Morgan fingerprint density at radius 2 is 1.71 bits per heavy atom. The lowest BCUT2D eigenvalue weighted by Gasteiger charge is -2.17. The second-order valence-electron chi connectivity index (χ2n) is 5.90. The summed E-state index contributed by atoms with van der Waals surface area (Å²) in [5.74, 6) is -3.37. The third-order valence-electron chi connectivity index (χ3n) is 4.30. The van der Waals surface area contributed by atoms with E-state index in [1.54, 1.807) is 18.2 Å². The minimum atomic E-state index is -1.07. The summed E-state index contributed by atoms with van der Waals surface area (Å²) in [4.78, 5) is 12.1. The lowest BCUT2D eigenvalue weighted by molar-refractivity contribution is 0.0941. The number of hydrogen-bond acceptors (Lipinski definition) is 2. The average molecular weight is 330 g/mol. The van der Waals surface area contributed by atoms with E-state index in [-0.39, 0.29) is 23.3 Å². The maximum atomic E-state index is 13.9. The zero-order valence-corrected chi connectivity index (χ0v) is 12.6. The molecule has 3 rings (SSSR count). The monoisotopic (exact) mass is 330 g/mol. The fourth-order valence-corrected chi connectivity index (χ4v) is 2.71. The molecule has 3 nitrogen and oxygen atoms in total. The molecule has 24 heavy (non-hydrogen) atoms. The normalized spacial score (nSPS) is 14.8. The molecule has 2 aromatic rings. The lowest BCUT2D eigenvalue weighted by atomic mass is 9.95. The van der Waals surface area contributed by atoms with E-state index in [1.165, 1.54) is 12.1 Å². The minimum Gasteiger partial charge on any atom is -0.351 e. The summed E-state index contributed by atoms with van der Waals surface area (Å²) in [7, 11) is 0. The van der Waals surface area contributed by atoms with E-state index in [2.05, 4.69) is 5.32 Å².